The van der Waals surface area contributed by atoms with E-state index in [1.807, 2.05) is 43.3 Å². The van der Waals surface area contributed by atoms with Crippen LogP contribution in [0.15, 0.2) is 54.9 Å². The maximum atomic E-state index is 12.5. The fourth-order valence-electron chi connectivity index (χ4n) is 2.58. The number of aromatic nitrogens is 2. The minimum atomic E-state index is -0.238. The molecule has 3 rings (SSSR count). The van der Waals surface area contributed by atoms with Gasteiger partial charge in [-0.3, -0.25) is 4.79 Å². The van der Waals surface area contributed by atoms with E-state index in [9.17, 15) is 4.79 Å². The van der Waals surface area contributed by atoms with Crippen molar-refractivity contribution in [2.75, 3.05) is 10.6 Å². The third-order valence-corrected chi connectivity index (χ3v) is 4.34. The smallest absolute Gasteiger partial charge is 0.258 e. The number of amides is 1. The van der Waals surface area contributed by atoms with Gasteiger partial charge in [0.05, 0.1) is 16.3 Å². The van der Waals surface area contributed by atoms with Crippen LogP contribution in [0.4, 0.5) is 17.3 Å². The molecule has 0 unspecified atom stereocenters. The van der Waals surface area contributed by atoms with Crippen LogP contribution in [-0.4, -0.2) is 15.9 Å². The van der Waals surface area contributed by atoms with Gasteiger partial charge in [0.1, 0.15) is 0 Å². The molecule has 1 heterocycles. The number of carbonyl (C=O) groups excluding carboxylic acids is 1. The Morgan fingerprint density at radius 1 is 1.08 bits per heavy atom. The van der Waals surface area contributed by atoms with Crippen LogP contribution < -0.4 is 10.6 Å². The summed E-state index contributed by atoms with van der Waals surface area (Å²) in [7, 11) is 0. The number of hydrogen-bond donors (Lipinski definition) is 2. The first-order valence-electron chi connectivity index (χ1n) is 8.32. The summed E-state index contributed by atoms with van der Waals surface area (Å²) in [5, 5.41) is 6.57. The Morgan fingerprint density at radius 2 is 1.81 bits per heavy atom. The number of aryl methyl sites for hydroxylation is 2. The van der Waals surface area contributed by atoms with Crippen molar-refractivity contribution in [3.05, 3.63) is 76.6 Å². The van der Waals surface area contributed by atoms with Crippen LogP contribution in [0.3, 0.4) is 0 Å². The van der Waals surface area contributed by atoms with Crippen LogP contribution in [0.2, 0.25) is 5.02 Å². The number of benzene rings is 2. The van der Waals surface area contributed by atoms with Gasteiger partial charge in [-0.2, -0.15) is 0 Å². The maximum Gasteiger partial charge on any atom is 0.258 e. The number of hydrogen-bond acceptors (Lipinski definition) is 4. The Kier molecular flexibility index (Phi) is 5.49. The number of carbonyl (C=O) groups is 1. The number of rotatable bonds is 5. The summed E-state index contributed by atoms with van der Waals surface area (Å²) >= 11 is 6.11. The fraction of sp³-hybridized carbons (Fsp3) is 0.150. The van der Waals surface area contributed by atoms with E-state index >= 15 is 0 Å². The second-order valence-electron chi connectivity index (χ2n) is 5.82. The molecule has 132 valence electrons. The summed E-state index contributed by atoms with van der Waals surface area (Å²) in [4.78, 5) is 20.9. The molecule has 2 N–H and O–H groups in total. The zero-order chi connectivity index (χ0) is 18.5. The molecule has 0 aliphatic carbocycles. The van der Waals surface area contributed by atoms with Gasteiger partial charge in [-0.1, -0.05) is 48.9 Å². The quantitative estimate of drug-likeness (QED) is 0.667. The maximum absolute atomic E-state index is 12.5. The van der Waals surface area contributed by atoms with E-state index in [-0.39, 0.29) is 5.91 Å². The molecular weight excluding hydrogens is 348 g/mol. The Morgan fingerprint density at radius 3 is 2.50 bits per heavy atom. The van der Waals surface area contributed by atoms with Crippen molar-refractivity contribution in [1.29, 1.82) is 0 Å². The Hall–Kier alpha value is -2.92. The van der Waals surface area contributed by atoms with Crippen LogP contribution in [0.25, 0.3) is 0 Å². The van der Waals surface area contributed by atoms with Crippen molar-refractivity contribution in [3.8, 4) is 0 Å². The molecule has 0 atom stereocenters. The predicted octanol–water partition coefficient (Wildman–Crippen LogP) is 5.00. The lowest BCUT2D eigenvalue weighted by atomic mass is 10.1. The number of anilines is 3. The average molecular weight is 367 g/mol. The van der Waals surface area contributed by atoms with Crippen molar-refractivity contribution in [3.63, 3.8) is 0 Å². The van der Waals surface area contributed by atoms with Crippen molar-refractivity contribution in [2.24, 2.45) is 0 Å². The van der Waals surface area contributed by atoms with Gasteiger partial charge in [0.25, 0.3) is 5.91 Å². The van der Waals surface area contributed by atoms with Gasteiger partial charge in [0.15, 0.2) is 0 Å². The Balaban J connectivity index is 1.75. The van der Waals surface area contributed by atoms with E-state index in [0.29, 0.717) is 22.2 Å². The Bertz CT molecular complexity index is 925. The number of halogens is 1. The lowest BCUT2D eigenvalue weighted by molar-refractivity contribution is 0.102. The van der Waals surface area contributed by atoms with Crippen LogP contribution in [0, 0.1) is 6.92 Å². The summed E-state index contributed by atoms with van der Waals surface area (Å²) in [6.45, 7) is 4.03. The van der Waals surface area contributed by atoms with Gasteiger partial charge < -0.3 is 10.6 Å². The second-order valence-corrected chi connectivity index (χ2v) is 6.22. The highest BCUT2D eigenvalue weighted by molar-refractivity contribution is 6.33. The van der Waals surface area contributed by atoms with Crippen molar-refractivity contribution >= 4 is 34.8 Å². The van der Waals surface area contributed by atoms with Gasteiger partial charge in [-0.05, 0) is 36.6 Å². The van der Waals surface area contributed by atoms with Crippen molar-refractivity contribution in [1.82, 2.24) is 9.97 Å². The number of nitrogens with zero attached hydrogens (tertiary/aromatic N) is 2. The summed E-state index contributed by atoms with van der Waals surface area (Å²) in [6, 6.07) is 13.3. The lowest BCUT2D eigenvalue weighted by Gasteiger charge is -2.13. The SMILES string of the molecule is CCc1cccc(C)c1NC(=O)c1cnc(Nc2ccccc2Cl)nc1. The summed E-state index contributed by atoms with van der Waals surface area (Å²) in [5.74, 6) is 0.137. The van der Waals surface area contributed by atoms with Crippen LogP contribution in [0.5, 0.6) is 0 Å². The molecule has 0 spiro atoms. The highest BCUT2D eigenvalue weighted by Crippen LogP contribution is 2.24. The van der Waals surface area contributed by atoms with Gasteiger partial charge >= 0.3 is 0 Å². The highest BCUT2D eigenvalue weighted by Gasteiger charge is 2.12. The van der Waals surface area contributed by atoms with E-state index in [1.54, 1.807) is 6.07 Å². The topological polar surface area (TPSA) is 66.9 Å². The molecular formula is C20H19ClN4O. The van der Waals surface area contributed by atoms with Crippen molar-refractivity contribution < 1.29 is 4.79 Å². The van der Waals surface area contributed by atoms with Gasteiger partial charge in [-0.15, -0.1) is 0 Å². The zero-order valence-corrected chi connectivity index (χ0v) is 15.3. The molecule has 0 aliphatic heterocycles. The van der Waals surface area contributed by atoms with Crippen LogP contribution >= 0.6 is 11.6 Å². The second kappa shape index (κ2) is 7.97. The minimum Gasteiger partial charge on any atom is -0.323 e. The molecule has 0 fully saturated rings. The fourth-order valence-corrected chi connectivity index (χ4v) is 2.76. The standard InChI is InChI=1S/C20H19ClN4O/c1-3-14-8-6-7-13(2)18(14)25-19(26)15-11-22-20(23-12-15)24-17-10-5-4-9-16(17)21/h4-12H,3H2,1-2H3,(H,25,26)(H,22,23,24). The summed E-state index contributed by atoms with van der Waals surface area (Å²) in [5.41, 5.74) is 4.06. The largest absolute Gasteiger partial charge is 0.323 e. The number of para-hydroxylation sites is 2. The van der Waals surface area contributed by atoms with E-state index in [4.69, 9.17) is 11.6 Å². The molecule has 26 heavy (non-hydrogen) atoms. The van der Waals surface area contributed by atoms with Crippen molar-refractivity contribution in [2.45, 2.75) is 20.3 Å². The first-order chi connectivity index (χ1) is 12.6. The van der Waals surface area contributed by atoms with Gasteiger partial charge in [-0.25, -0.2) is 9.97 Å². The van der Waals surface area contributed by atoms with E-state index in [0.717, 1.165) is 23.2 Å². The van der Waals surface area contributed by atoms with E-state index < -0.39 is 0 Å². The Labute approximate surface area is 157 Å². The van der Waals surface area contributed by atoms with E-state index in [1.165, 1.54) is 12.4 Å². The molecule has 3 aromatic rings. The molecule has 0 aliphatic rings. The molecule has 0 radical (unpaired) electrons. The van der Waals surface area contributed by atoms with Crippen LogP contribution in [-0.2, 0) is 6.42 Å². The molecule has 5 nitrogen and oxygen atoms in total. The predicted molar refractivity (Wildman–Crippen MR) is 105 cm³/mol. The molecule has 1 amide bonds. The van der Waals surface area contributed by atoms with Gasteiger partial charge in [0, 0.05) is 18.1 Å². The van der Waals surface area contributed by atoms with Gasteiger partial charge in [0.2, 0.25) is 5.95 Å². The first kappa shape index (κ1) is 17.9. The third kappa shape index (κ3) is 4.00. The first-order valence-corrected chi connectivity index (χ1v) is 8.69. The molecule has 0 bridgehead atoms. The zero-order valence-electron chi connectivity index (χ0n) is 14.6. The molecule has 1 aromatic heterocycles. The molecule has 6 heteroatoms. The molecule has 2 aromatic carbocycles. The van der Waals surface area contributed by atoms with E-state index in [2.05, 4.69) is 27.5 Å². The minimum absolute atomic E-state index is 0.238. The number of nitrogens with one attached hydrogen (secondary N) is 2. The lowest BCUT2D eigenvalue weighted by Crippen LogP contribution is -2.15. The normalized spacial score (nSPS) is 10.4. The average Bonchev–Trinajstić information content (AvgIpc) is 2.65. The third-order valence-electron chi connectivity index (χ3n) is 4.01. The highest BCUT2D eigenvalue weighted by atomic mass is 35.5. The molecule has 0 saturated heterocycles. The summed E-state index contributed by atoms with van der Waals surface area (Å²) in [6.07, 6.45) is 3.82. The monoisotopic (exact) mass is 366 g/mol. The summed E-state index contributed by atoms with van der Waals surface area (Å²) < 4.78 is 0. The van der Waals surface area contributed by atoms with Crippen LogP contribution in [0.1, 0.15) is 28.4 Å². The molecule has 0 saturated carbocycles.